The van der Waals surface area contributed by atoms with Crippen LogP contribution in [0.1, 0.15) is 11.1 Å². The molecule has 92 valence electrons. The molecule has 0 aromatic heterocycles. The summed E-state index contributed by atoms with van der Waals surface area (Å²) in [7, 11) is 1.75. The summed E-state index contributed by atoms with van der Waals surface area (Å²) in [6.07, 6.45) is 0. The molecule has 5 heteroatoms. The van der Waals surface area contributed by atoms with Gasteiger partial charge in [0.1, 0.15) is 5.82 Å². The van der Waals surface area contributed by atoms with E-state index in [0.29, 0.717) is 31.7 Å². The highest BCUT2D eigenvalue weighted by Crippen LogP contribution is 2.16. The molecule has 1 saturated heterocycles. The fraction of sp³-hybridized carbons (Fsp3) is 0.417. The number of halogens is 1. The first-order chi connectivity index (χ1) is 8.11. The molecule has 0 bridgehead atoms. The van der Waals surface area contributed by atoms with E-state index >= 15 is 0 Å². The monoisotopic (exact) mass is 237 g/mol. The van der Waals surface area contributed by atoms with Crippen LogP contribution in [0.3, 0.4) is 0 Å². The number of likely N-dealkylation sites (N-methyl/N-ethyl adjacent to an activating group) is 1. The van der Waals surface area contributed by atoms with Crippen molar-refractivity contribution in [3.8, 4) is 0 Å². The SMILES string of the molecule is CN1CCN(Cc2ccc(CN)cc2F)C1=O. The average Bonchev–Trinajstić information content (AvgIpc) is 2.63. The zero-order valence-corrected chi connectivity index (χ0v) is 9.82. The van der Waals surface area contributed by atoms with Gasteiger partial charge in [-0.15, -0.1) is 0 Å². The molecular weight excluding hydrogens is 221 g/mol. The average molecular weight is 237 g/mol. The Labute approximate surface area is 99.8 Å². The summed E-state index contributed by atoms with van der Waals surface area (Å²) in [6.45, 7) is 1.98. The molecule has 2 amide bonds. The molecule has 0 atom stereocenters. The maximum atomic E-state index is 13.7. The van der Waals surface area contributed by atoms with Gasteiger partial charge in [0.25, 0.3) is 0 Å². The lowest BCUT2D eigenvalue weighted by molar-refractivity contribution is 0.196. The van der Waals surface area contributed by atoms with Crippen LogP contribution >= 0.6 is 0 Å². The normalized spacial score (nSPS) is 15.8. The number of amides is 2. The smallest absolute Gasteiger partial charge is 0.320 e. The third-order valence-corrected chi connectivity index (χ3v) is 3.02. The summed E-state index contributed by atoms with van der Waals surface area (Å²) in [5, 5.41) is 0. The van der Waals surface area contributed by atoms with Gasteiger partial charge in [-0.25, -0.2) is 9.18 Å². The van der Waals surface area contributed by atoms with Crippen molar-refractivity contribution < 1.29 is 9.18 Å². The van der Waals surface area contributed by atoms with Crippen LogP contribution in [0.5, 0.6) is 0 Å². The lowest BCUT2D eigenvalue weighted by Crippen LogP contribution is -2.29. The number of carbonyl (C=O) groups excluding carboxylic acids is 1. The van der Waals surface area contributed by atoms with Crippen LogP contribution < -0.4 is 5.73 Å². The summed E-state index contributed by atoms with van der Waals surface area (Å²) in [6, 6.07) is 4.87. The minimum absolute atomic E-state index is 0.0488. The van der Waals surface area contributed by atoms with Gasteiger partial charge in [0.15, 0.2) is 0 Å². The van der Waals surface area contributed by atoms with Crippen molar-refractivity contribution >= 4 is 6.03 Å². The van der Waals surface area contributed by atoms with E-state index < -0.39 is 0 Å². The minimum atomic E-state index is -0.296. The second kappa shape index (κ2) is 4.71. The van der Waals surface area contributed by atoms with Gasteiger partial charge in [0.2, 0.25) is 0 Å². The van der Waals surface area contributed by atoms with Crippen molar-refractivity contribution in [2.45, 2.75) is 13.1 Å². The molecule has 0 unspecified atom stereocenters. The first kappa shape index (κ1) is 11.9. The minimum Gasteiger partial charge on any atom is -0.326 e. The van der Waals surface area contributed by atoms with Crippen molar-refractivity contribution in [1.29, 1.82) is 0 Å². The third-order valence-electron chi connectivity index (χ3n) is 3.02. The lowest BCUT2D eigenvalue weighted by Gasteiger charge is -2.16. The van der Waals surface area contributed by atoms with Crippen molar-refractivity contribution in [1.82, 2.24) is 9.80 Å². The number of nitrogens with zero attached hydrogens (tertiary/aromatic N) is 2. The molecule has 4 nitrogen and oxygen atoms in total. The molecule has 1 heterocycles. The van der Waals surface area contributed by atoms with Gasteiger partial charge < -0.3 is 15.5 Å². The fourth-order valence-corrected chi connectivity index (χ4v) is 1.90. The molecule has 17 heavy (non-hydrogen) atoms. The van der Waals surface area contributed by atoms with Crippen molar-refractivity contribution in [2.75, 3.05) is 20.1 Å². The molecule has 0 radical (unpaired) electrons. The number of benzene rings is 1. The van der Waals surface area contributed by atoms with Gasteiger partial charge in [-0.3, -0.25) is 0 Å². The highest BCUT2D eigenvalue weighted by Gasteiger charge is 2.25. The summed E-state index contributed by atoms with van der Waals surface area (Å²) >= 11 is 0. The van der Waals surface area contributed by atoms with Gasteiger partial charge >= 0.3 is 6.03 Å². The van der Waals surface area contributed by atoms with Gasteiger partial charge in [-0.2, -0.15) is 0 Å². The zero-order chi connectivity index (χ0) is 12.4. The summed E-state index contributed by atoms with van der Waals surface area (Å²) in [5.74, 6) is -0.296. The molecule has 1 fully saturated rings. The molecule has 1 aromatic carbocycles. The van der Waals surface area contributed by atoms with E-state index in [1.54, 1.807) is 29.0 Å². The molecule has 1 aliphatic rings. The Morgan fingerprint density at radius 1 is 1.41 bits per heavy atom. The maximum Gasteiger partial charge on any atom is 0.320 e. The standard InChI is InChI=1S/C12H16FN3O/c1-15-4-5-16(12(15)17)8-10-3-2-9(7-14)6-11(10)13/h2-3,6H,4-5,7-8,14H2,1H3. The summed E-state index contributed by atoms with van der Waals surface area (Å²) < 4.78 is 13.7. The van der Waals surface area contributed by atoms with Crippen LogP contribution in [-0.4, -0.2) is 36.0 Å². The molecule has 2 N–H and O–H groups in total. The van der Waals surface area contributed by atoms with Crippen LogP contribution in [0.4, 0.5) is 9.18 Å². The largest absolute Gasteiger partial charge is 0.326 e. The number of urea groups is 1. The molecule has 1 aromatic rings. The Morgan fingerprint density at radius 3 is 2.71 bits per heavy atom. The van der Waals surface area contributed by atoms with Crippen molar-refractivity contribution in [3.63, 3.8) is 0 Å². The molecule has 0 spiro atoms. The van der Waals surface area contributed by atoms with E-state index in [4.69, 9.17) is 5.73 Å². The van der Waals surface area contributed by atoms with Gasteiger partial charge in [0, 0.05) is 32.2 Å². The Bertz CT molecular complexity index is 436. The highest BCUT2D eigenvalue weighted by molar-refractivity contribution is 5.76. The van der Waals surface area contributed by atoms with Gasteiger partial charge in [-0.05, 0) is 11.6 Å². The Kier molecular flexibility index (Phi) is 3.28. The summed E-state index contributed by atoms with van der Waals surface area (Å²) in [4.78, 5) is 14.9. The first-order valence-electron chi connectivity index (χ1n) is 5.59. The van der Waals surface area contributed by atoms with E-state index in [1.807, 2.05) is 0 Å². The van der Waals surface area contributed by atoms with E-state index in [2.05, 4.69) is 0 Å². The van der Waals surface area contributed by atoms with Crippen LogP contribution in [0.15, 0.2) is 18.2 Å². The van der Waals surface area contributed by atoms with E-state index in [9.17, 15) is 9.18 Å². The maximum absolute atomic E-state index is 13.7. The van der Waals surface area contributed by atoms with Crippen molar-refractivity contribution in [2.24, 2.45) is 5.73 Å². The van der Waals surface area contributed by atoms with Crippen molar-refractivity contribution in [3.05, 3.63) is 35.1 Å². The predicted molar refractivity (Wildman–Crippen MR) is 62.7 cm³/mol. The number of hydrogen-bond donors (Lipinski definition) is 1. The fourth-order valence-electron chi connectivity index (χ4n) is 1.90. The van der Waals surface area contributed by atoms with Gasteiger partial charge in [0.05, 0.1) is 6.54 Å². The highest BCUT2D eigenvalue weighted by atomic mass is 19.1. The Balaban J connectivity index is 2.11. The second-order valence-corrected chi connectivity index (χ2v) is 4.26. The van der Waals surface area contributed by atoms with Gasteiger partial charge in [-0.1, -0.05) is 12.1 Å². The molecule has 0 saturated carbocycles. The lowest BCUT2D eigenvalue weighted by atomic mass is 10.1. The molecule has 0 aliphatic carbocycles. The van der Waals surface area contributed by atoms with Crippen LogP contribution in [-0.2, 0) is 13.1 Å². The number of rotatable bonds is 3. The molecule has 1 aliphatic heterocycles. The van der Waals surface area contributed by atoms with E-state index in [1.165, 1.54) is 6.07 Å². The predicted octanol–water partition coefficient (Wildman–Crippen LogP) is 1.15. The van der Waals surface area contributed by atoms with Crippen LogP contribution in [0, 0.1) is 5.82 Å². The van der Waals surface area contributed by atoms with E-state index in [-0.39, 0.29) is 11.8 Å². The number of nitrogens with two attached hydrogens (primary N) is 1. The third kappa shape index (κ3) is 2.39. The zero-order valence-electron chi connectivity index (χ0n) is 9.82. The Morgan fingerprint density at radius 2 is 2.18 bits per heavy atom. The number of carbonyl (C=O) groups is 1. The topological polar surface area (TPSA) is 49.6 Å². The second-order valence-electron chi connectivity index (χ2n) is 4.26. The number of hydrogen-bond acceptors (Lipinski definition) is 2. The van der Waals surface area contributed by atoms with E-state index in [0.717, 1.165) is 5.56 Å². The Hall–Kier alpha value is -1.62. The molecule has 2 rings (SSSR count). The molecular formula is C12H16FN3O. The summed E-state index contributed by atoms with van der Waals surface area (Å²) in [5.41, 5.74) is 6.73. The quantitative estimate of drug-likeness (QED) is 0.857. The van der Waals surface area contributed by atoms with Crippen LogP contribution in [0.25, 0.3) is 0 Å². The van der Waals surface area contributed by atoms with Crippen LogP contribution in [0.2, 0.25) is 0 Å². The first-order valence-corrected chi connectivity index (χ1v) is 5.59.